The summed E-state index contributed by atoms with van der Waals surface area (Å²) in [4.78, 5) is 21.1. The molecule has 1 saturated heterocycles. The Morgan fingerprint density at radius 1 is 1.27 bits per heavy atom. The summed E-state index contributed by atoms with van der Waals surface area (Å²) in [6.07, 6.45) is 1.84. The molecule has 136 valence electrons. The van der Waals surface area contributed by atoms with E-state index in [1.54, 1.807) is 11.3 Å². The fraction of sp³-hybridized carbons (Fsp3) is 0.316. The van der Waals surface area contributed by atoms with E-state index in [4.69, 9.17) is 0 Å². The van der Waals surface area contributed by atoms with E-state index in [9.17, 15) is 9.90 Å². The van der Waals surface area contributed by atoms with E-state index in [2.05, 4.69) is 48.2 Å². The fourth-order valence-electron chi connectivity index (χ4n) is 3.63. The number of benzene rings is 1. The van der Waals surface area contributed by atoms with Crippen LogP contribution in [0.1, 0.15) is 16.5 Å². The predicted molar refractivity (Wildman–Crippen MR) is 108 cm³/mol. The number of aromatic amines is 1. The van der Waals surface area contributed by atoms with Crippen LogP contribution in [-0.2, 0) is 11.3 Å². The van der Waals surface area contributed by atoms with Gasteiger partial charge < -0.3 is 10.1 Å². The number of piperazine rings is 1. The number of nitrogens with one attached hydrogen (secondary N) is 1. The standard InChI is InChI=1S/C19H20BrN3O2S/c20-13-3-4-17-15(10-13)16(11-21-17)18(19(24)25)23-7-5-22(6-8-23)12-14-2-1-9-26-14/h1-4,9-11,18,21H,5-8,12H2,(H,24,25)/t18-/m1/s1. The van der Waals surface area contributed by atoms with Crippen molar-refractivity contribution >= 4 is 44.1 Å². The van der Waals surface area contributed by atoms with E-state index < -0.39 is 12.0 Å². The predicted octanol–water partition coefficient (Wildman–Crippen LogP) is 3.94. The Kier molecular flexibility index (Phi) is 5.13. The van der Waals surface area contributed by atoms with Gasteiger partial charge in [-0.05, 0) is 29.6 Å². The van der Waals surface area contributed by atoms with Gasteiger partial charge in [0.05, 0.1) is 0 Å². The molecule has 0 amide bonds. The normalized spacial score (nSPS) is 17.6. The van der Waals surface area contributed by atoms with Gasteiger partial charge in [0.25, 0.3) is 0 Å². The molecule has 7 heteroatoms. The van der Waals surface area contributed by atoms with Crippen molar-refractivity contribution in [2.75, 3.05) is 26.2 Å². The maximum atomic E-state index is 12.1. The van der Waals surface area contributed by atoms with Crippen LogP contribution in [-0.4, -0.2) is 52.0 Å². The summed E-state index contributed by atoms with van der Waals surface area (Å²) < 4.78 is 0.954. The maximum absolute atomic E-state index is 12.1. The smallest absolute Gasteiger partial charge is 0.325 e. The number of hydrogen-bond acceptors (Lipinski definition) is 4. The number of H-pyrrole nitrogens is 1. The molecule has 2 aromatic heterocycles. The van der Waals surface area contributed by atoms with E-state index in [-0.39, 0.29) is 0 Å². The van der Waals surface area contributed by atoms with Gasteiger partial charge in [-0.15, -0.1) is 11.3 Å². The lowest BCUT2D eigenvalue weighted by molar-refractivity contribution is -0.144. The molecule has 1 aliphatic heterocycles. The molecule has 1 aliphatic rings. The van der Waals surface area contributed by atoms with Crippen molar-refractivity contribution in [3.05, 3.63) is 56.8 Å². The molecule has 4 rings (SSSR count). The molecule has 0 bridgehead atoms. The number of rotatable bonds is 5. The average molecular weight is 434 g/mol. The first-order valence-electron chi connectivity index (χ1n) is 8.60. The van der Waals surface area contributed by atoms with Crippen LogP contribution in [0.15, 0.2) is 46.4 Å². The number of nitrogens with zero attached hydrogens (tertiary/aromatic N) is 2. The van der Waals surface area contributed by atoms with Crippen LogP contribution in [0.2, 0.25) is 0 Å². The lowest BCUT2D eigenvalue weighted by Gasteiger charge is -2.37. The second-order valence-corrected chi connectivity index (χ2v) is 8.51. The van der Waals surface area contributed by atoms with Gasteiger partial charge in [-0.3, -0.25) is 14.6 Å². The Hall–Kier alpha value is -1.67. The first-order chi connectivity index (χ1) is 12.6. The number of carbonyl (C=O) groups is 1. The second-order valence-electron chi connectivity index (χ2n) is 6.57. The largest absolute Gasteiger partial charge is 0.480 e. The van der Waals surface area contributed by atoms with Gasteiger partial charge in [0.1, 0.15) is 6.04 Å². The highest BCUT2D eigenvalue weighted by atomic mass is 79.9. The van der Waals surface area contributed by atoms with Crippen molar-refractivity contribution in [2.45, 2.75) is 12.6 Å². The first-order valence-corrected chi connectivity index (χ1v) is 10.3. The summed E-state index contributed by atoms with van der Waals surface area (Å²) in [5.41, 5.74) is 1.80. The van der Waals surface area contributed by atoms with Gasteiger partial charge in [-0.1, -0.05) is 22.0 Å². The number of carboxylic acid groups (broad SMARTS) is 1. The number of hydrogen-bond donors (Lipinski definition) is 2. The van der Waals surface area contributed by atoms with Crippen LogP contribution in [0.25, 0.3) is 10.9 Å². The summed E-state index contributed by atoms with van der Waals surface area (Å²) in [5.74, 6) is -0.794. The van der Waals surface area contributed by atoms with Gasteiger partial charge >= 0.3 is 5.97 Å². The highest BCUT2D eigenvalue weighted by Gasteiger charge is 2.32. The minimum atomic E-state index is -0.794. The topological polar surface area (TPSA) is 59.6 Å². The Bertz CT molecular complexity index is 901. The molecule has 0 saturated carbocycles. The third kappa shape index (κ3) is 3.57. The number of halogens is 1. The molecule has 0 radical (unpaired) electrons. The van der Waals surface area contributed by atoms with E-state index >= 15 is 0 Å². The summed E-state index contributed by atoms with van der Waals surface area (Å²) in [6.45, 7) is 4.22. The van der Waals surface area contributed by atoms with Gasteiger partial charge in [-0.2, -0.15) is 0 Å². The van der Waals surface area contributed by atoms with Gasteiger partial charge in [0.15, 0.2) is 0 Å². The van der Waals surface area contributed by atoms with Crippen LogP contribution < -0.4 is 0 Å². The molecule has 0 aliphatic carbocycles. The molecule has 3 aromatic rings. The second kappa shape index (κ2) is 7.52. The van der Waals surface area contributed by atoms with Crippen molar-refractivity contribution in [1.82, 2.24) is 14.8 Å². The number of thiophene rings is 1. The SMILES string of the molecule is O=C(O)[C@@H](c1c[nH]c2ccc(Br)cc12)N1CCN(Cc2cccs2)CC1. The van der Waals surface area contributed by atoms with Crippen LogP contribution in [0, 0.1) is 0 Å². The van der Waals surface area contributed by atoms with Crippen LogP contribution in [0.4, 0.5) is 0 Å². The van der Waals surface area contributed by atoms with Crippen molar-refractivity contribution in [3.63, 3.8) is 0 Å². The van der Waals surface area contributed by atoms with Gasteiger partial charge in [0, 0.05) is 64.7 Å². The molecule has 0 spiro atoms. The van der Waals surface area contributed by atoms with E-state index in [0.29, 0.717) is 0 Å². The monoisotopic (exact) mass is 433 g/mol. The first kappa shape index (κ1) is 17.7. The minimum Gasteiger partial charge on any atom is -0.480 e. The molecule has 1 fully saturated rings. The number of carboxylic acids is 1. The van der Waals surface area contributed by atoms with Crippen molar-refractivity contribution in [1.29, 1.82) is 0 Å². The van der Waals surface area contributed by atoms with Crippen LogP contribution in [0.3, 0.4) is 0 Å². The zero-order chi connectivity index (χ0) is 18.1. The van der Waals surface area contributed by atoms with Crippen LogP contribution >= 0.6 is 27.3 Å². The van der Waals surface area contributed by atoms with Crippen molar-refractivity contribution < 1.29 is 9.90 Å². The maximum Gasteiger partial charge on any atom is 0.325 e. The lowest BCUT2D eigenvalue weighted by atomic mass is 10.0. The highest BCUT2D eigenvalue weighted by molar-refractivity contribution is 9.10. The van der Waals surface area contributed by atoms with E-state index in [1.807, 2.05) is 24.4 Å². The van der Waals surface area contributed by atoms with Crippen LogP contribution in [0.5, 0.6) is 0 Å². The molecule has 5 nitrogen and oxygen atoms in total. The number of fused-ring (bicyclic) bond motifs is 1. The molecule has 2 N–H and O–H groups in total. The number of aromatic nitrogens is 1. The Morgan fingerprint density at radius 3 is 2.77 bits per heavy atom. The van der Waals surface area contributed by atoms with E-state index in [0.717, 1.165) is 53.7 Å². The fourth-order valence-corrected chi connectivity index (χ4v) is 4.74. The van der Waals surface area contributed by atoms with Gasteiger partial charge in [0.2, 0.25) is 0 Å². The zero-order valence-corrected chi connectivity index (χ0v) is 16.6. The molecule has 26 heavy (non-hydrogen) atoms. The molecular formula is C19H20BrN3O2S. The Labute approximate surface area is 164 Å². The zero-order valence-electron chi connectivity index (χ0n) is 14.2. The third-order valence-electron chi connectivity index (χ3n) is 4.94. The summed E-state index contributed by atoms with van der Waals surface area (Å²) >= 11 is 5.26. The molecular weight excluding hydrogens is 414 g/mol. The third-order valence-corrected chi connectivity index (χ3v) is 6.29. The Balaban J connectivity index is 1.52. The summed E-state index contributed by atoms with van der Waals surface area (Å²) in [7, 11) is 0. The molecule has 1 aromatic carbocycles. The van der Waals surface area contributed by atoms with Crippen molar-refractivity contribution in [2.24, 2.45) is 0 Å². The molecule has 3 heterocycles. The van der Waals surface area contributed by atoms with Gasteiger partial charge in [-0.25, -0.2) is 0 Å². The average Bonchev–Trinajstić information content (AvgIpc) is 3.27. The summed E-state index contributed by atoms with van der Waals surface area (Å²) in [6, 6.07) is 9.53. The highest BCUT2D eigenvalue weighted by Crippen LogP contribution is 2.31. The molecule has 0 unspecified atom stereocenters. The quantitative estimate of drug-likeness (QED) is 0.639. The van der Waals surface area contributed by atoms with E-state index in [1.165, 1.54) is 4.88 Å². The lowest BCUT2D eigenvalue weighted by Crippen LogP contribution is -2.48. The van der Waals surface area contributed by atoms with Crippen molar-refractivity contribution in [3.8, 4) is 0 Å². The Morgan fingerprint density at radius 2 is 2.08 bits per heavy atom. The summed E-state index contributed by atoms with van der Waals surface area (Å²) in [5, 5.41) is 13.0. The number of aliphatic carboxylic acids is 1. The molecule has 1 atom stereocenters. The minimum absolute atomic E-state index is 0.623.